The Morgan fingerprint density at radius 3 is 2.18 bits per heavy atom. The third-order valence-electron chi connectivity index (χ3n) is 3.65. The van der Waals surface area contributed by atoms with E-state index in [4.69, 9.17) is 0 Å². The van der Waals surface area contributed by atoms with E-state index in [9.17, 15) is 13.6 Å². The van der Waals surface area contributed by atoms with Crippen LogP contribution in [0.25, 0.3) is 0 Å². The zero-order chi connectivity index (χ0) is 16.2. The molecule has 1 nitrogen and oxygen atoms in total. The normalized spacial score (nSPS) is 12.9. The fourth-order valence-corrected chi connectivity index (χ4v) is 2.03. The Morgan fingerprint density at radius 2 is 1.64 bits per heavy atom. The van der Waals surface area contributed by atoms with Gasteiger partial charge in [0.2, 0.25) is 0 Å². The van der Waals surface area contributed by atoms with Gasteiger partial charge in [-0.05, 0) is 37.6 Å². The minimum Gasteiger partial charge on any atom is -0.292 e. The van der Waals surface area contributed by atoms with Gasteiger partial charge in [0.25, 0.3) is 0 Å². The Balaban J connectivity index is 2.42. The van der Waals surface area contributed by atoms with E-state index in [0.717, 1.165) is 17.7 Å². The molecule has 0 spiro atoms. The van der Waals surface area contributed by atoms with Crippen LogP contribution in [0.2, 0.25) is 0 Å². The molecule has 1 atom stereocenters. The predicted molar refractivity (Wildman–Crippen MR) is 82.4 cm³/mol. The highest BCUT2D eigenvalue weighted by atomic mass is 19.1. The standard InChI is InChI=1S/C19H16F2O/c1-3-19(2,13-12-14-8-5-4-6-9-14)18(22)17-15(20)10-7-11-16(17)21/h4-11H,3H2,1-2H3. The molecular formula is C19H16F2O. The van der Waals surface area contributed by atoms with E-state index >= 15 is 0 Å². The summed E-state index contributed by atoms with van der Waals surface area (Å²) in [6.45, 7) is 3.38. The Hall–Kier alpha value is -2.47. The lowest BCUT2D eigenvalue weighted by atomic mass is 9.80. The van der Waals surface area contributed by atoms with Gasteiger partial charge in [-0.1, -0.05) is 43.0 Å². The van der Waals surface area contributed by atoms with Crippen molar-refractivity contribution in [3.63, 3.8) is 0 Å². The van der Waals surface area contributed by atoms with Crippen LogP contribution in [0.4, 0.5) is 8.78 Å². The van der Waals surface area contributed by atoms with Gasteiger partial charge in [-0.15, -0.1) is 0 Å². The van der Waals surface area contributed by atoms with E-state index in [2.05, 4.69) is 11.8 Å². The second-order valence-corrected chi connectivity index (χ2v) is 5.23. The Bertz CT molecular complexity index is 721. The van der Waals surface area contributed by atoms with Gasteiger partial charge in [0.1, 0.15) is 11.6 Å². The van der Waals surface area contributed by atoms with Crippen molar-refractivity contribution in [3.8, 4) is 11.8 Å². The van der Waals surface area contributed by atoms with E-state index in [1.54, 1.807) is 13.8 Å². The summed E-state index contributed by atoms with van der Waals surface area (Å²) >= 11 is 0. The molecule has 0 saturated carbocycles. The molecule has 2 aromatic rings. The highest BCUT2D eigenvalue weighted by Gasteiger charge is 2.34. The minimum atomic E-state index is -1.14. The SMILES string of the molecule is CCC(C)(C#Cc1ccccc1)C(=O)c1c(F)cccc1F. The number of rotatable bonds is 3. The van der Waals surface area contributed by atoms with Gasteiger partial charge in [-0.3, -0.25) is 4.79 Å². The number of hydrogen-bond donors (Lipinski definition) is 0. The first-order chi connectivity index (χ1) is 10.5. The van der Waals surface area contributed by atoms with Gasteiger partial charge in [-0.25, -0.2) is 8.78 Å². The minimum absolute atomic E-state index is 0.361. The Morgan fingerprint density at radius 1 is 1.05 bits per heavy atom. The summed E-state index contributed by atoms with van der Waals surface area (Å²) in [7, 11) is 0. The van der Waals surface area contributed by atoms with Crippen LogP contribution in [-0.2, 0) is 0 Å². The summed E-state index contributed by atoms with van der Waals surface area (Å²) in [6, 6.07) is 12.6. The molecule has 0 heterocycles. The molecule has 0 saturated heterocycles. The summed E-state index contributed by atoms with van der Waals surface area (Å²) < 4.78 is 27.6. The number of carbonyl (C=O) groups is 1. The molecule has 0 aliphatic carbocycles. The summed E-state index contributed by atoms with van der Waals surface area (Å²) in [5, 5.41) is 0. The van der Waals surface area contributed by atoms with E-state index < -0.39 is 28.4 Å². The zero-order valence-corrected chi connectivity index (χ0v) is 12.5. The average molecular weight is 298 g/mol. The van der Waals surface area contributed by atoms with Crippen LogP contribution in [0.1, 0.15) is 36.2 Å². The first-order valence-corrected chi connectivity index (χ1v) is 7.05. The molecular weight excluding hydrogens is 282 g/mol. The molecule has 0 amide bonds. The third-order valence-corrected chi connectivity index (χ3v) is 3.65. The number of hydrogen-bond acceptors (Lipinski definition) is 1. The molecule has 0 aliphatic rings. The van der Waals surface area contributed by atoms with Crippen molar-refractivity contribution in [2.24, 2.45) is 5.41 Å². The van der Waals surface area contributed by atoms with Crippen LogP contribution in [-0.4, -0.2) is 5.78 Å². The van der Waals surface area contributed by atoms with E-state index in [1.165, 1.54) is 6.07 Å². The second-order valence-electron chi connectivity index (χ2n) is 5.23. The topological polar surface area (TPSA) is 17.1 Å². The number of benzene rings is 2. The summed E-state index contributed by atoms with van der Waals surface area (Å²) in [5.74, 6) is 3.45. The highest BCUT2D eigenvalue weighted by molar-refractivity contribution is 6.02. The highest BCUT2D eigenvalue weighted by Crippen LogP contribution is 2.28. The zero-order valence-electron chi connectivity index (χ0n) is 12.5. The van der Waals surface area contributed by atoms with Crippen LogP contribution >= 0.6 is 0 Å². The number of ketones is 1. The van der Waals surface area contributed by atoms with Gasteiger partial charge in [0, 0.05) is 5.56 Å². The molecule has 0 aliphatic heterocycles. The molecule has 22 heavy (non-hydrogen) atoms. The van der Waals surface area contributed by atoms with Gasteiger partial charge < -0.3 is 0 Å². The fraction of sp³-hybridized carbons (Fsp3) is 0.211. The van der Waals surface area contributed by atoms with Crippen LogP contribution in [0.3, 0.4) is 0 Å². The maximum atomic E-state index is 13.8. The van der Waals surface area contributed by atoms with Crippen molar-refractivity contribution in [2.75, 3.05) is 0 Å². The number of Topliss-reactive ketones (excluding diaryl/α,β-unsaturated/α-hetero) is 1. The van der Waals surface area contributed by atoms with Gasteiger partial charge in [0.15, 0.2) is 5.78 Å². The Labute approximate surface area is 129 Å². The van der Waals surface area contributed by atoms with Crippen molar-refractivity contribution < 1.29 is 13.6 Å². The lowest BCUT2D eigenvalue weighted by Gasteiger charge is -2.20. The molecule has 1 unspecified atom stereocenters. The molecule has 0 radical (unpaired) electrons. The van der Waals surface area contributed by atoms with Crippen LogP contribution in [0.5, 0.6) is 0 Å². The largest absolute Gasteiger partial charge is 0.292 e. The van der Waals surface area contributed by atoms with E-state index in [1.807, 2.05) is 30.3 Å². The first-order valence-electron chi connectivity index (χ1n) is 7.05. The van der Waals surface area contributed by atoms with Crippen molar-refractivity contribution in [2.45, 2.75) is 20.3 Å². The van der Waals surface area contributed by atoms with Crippen molar-refractivity contribution in [3.05, 3.63) is 71.3 Å². The smallest absolute Gasteiger partial charge is 0.186 e. The summed E-state index contributed by atoms with van der Waals surface area (Å²) in [4.78, 5) is 12.6. The van der Waals surface area contributed by atoms with E-state index in [-0.39, 0.29) is 0 Å². The number of carbonyl (C=O) groups excluding carboxylic acids is 1. The summed E-state index contributed by atoms with van der Waals surface area (Å²) in [5.41, 5.74) is -0.906. The van der Waals surface area contributed by atoms with Gasteiger partial charge >= 0.3 is 0 Å². The van der Waals surface area contributed by atoms with Crippen molar-refractivity contribution in [1.82, 2.24) is 0 Å². The lowest BCUT2D eigenvalue weighted by molar-refractivity contribution is 0.0865. The molecule has 112 valence electrons. The fourth-order valence-electron chi connectivity index (χ4n) is 2.03. The quantitative estimate of drug-likeness (QED) is 0.597. The molecule has 0 N–H and O–H groups in total. The second kappa shape index (κ2) is 6.53. The van der Waals surface area contributed by atoms with Crippen molar-refractivity contribution >= 4 is 5.78 Å². The lowest BCUT2D eigenvalue weighted by Crippen LogP contribution is -2.27. The number of halogens is 2. The van der Waals surface area contributed by atoms with Gasteiger partial charge in [0.05, 0.1) is 11.0 Å². The maximum absolute atomic E-state index is 13.8. The molecule has 3 heteroatoms. The Kier molecular flexibility index (Phi) is 4.72. The molecule has 0 fully saturated rings. The molecule has 0 aromatic heterocycles. The molecule has 0 bridgehead atoms. The molecule has 2 rings (SSSR count). The summed E-state index contributed by atoms with van der Waals surface area (Å²) in [6.07, 6.45) is 0.361. The average Bonchev–Trinajstić information content (AvgIpc) is 2.53. The van der Waals surface area contributed by atoms with Crippen LogP contribution < -0.4 is 0 Å². The van der Waals surface area contributed by atoms with E-state index in [0.29, 0.717) is 6.42 Å². The third kappa shape index (κ3) is 3.23. The molecule has 2 aromatic carbocycles. The van der Waals surface area contributed by atoms with Crippen LogP contribution in [0.15, 0.2) is 48.5 Å². The maximum Gasteiger partial charge on any atom is 0.186 e. The van der Waals surface area contributed by atoms with Crippen LogP contribution in [0, 0.1) is 28.9 Å². The first kappa shape index (κ1) is 15.9. The van der Waals surface area contributed by atoms with Gasteiger partial charge in [-0.2, -0.15) is 0 Å². The monoisotopic (exact) mass is 298 g/mol. The van der Waals surface area contributed by atoms with Crippen molar-refractivity contribution in [1.29, 1.82) is 0 Å². The predicted octanol–water partition coefficient (Wildman–Crippen LogP) is 4.62.